The van der Waals surface area contributed by atoms with E-state index in [0.717, 1.165) is 17.0 Å². The molecule has 0 atom stereocenters. The summed E-state index contributed by atoms with van der Waals surface area (Å²) in [5.41, 5.74) is 2.25. The molecule has 0 aromatic carbocycles. The van der Waals surface area contributed by atoms with E-state index in [4.69, 9.17) is 4.74 Å². The van der Waals surface area contributed by atoms with Crippen molar-refractivity contribution in [3.05, 3.63) is 30.0 Å². The quantitative estimate of drug-likeness (QED) is 0.637. The number of hydrogen-bond donors (Lipinski definition) is 0. The fourth-order valence-corrected chi connectivity index (χ4v) is 1.26. The van der Waals surface area contributed by atoms with Crippen molar-refractivity contribution in [2.45, 2.75) is 6.92 Å². The molecule has 3 heteroatoms. The lowest BCUT2D eigenvalue weighted by atomic mass is 10.3. The van der Waals surface area contributed by atoms with Gasteiger partial charge in [0.05, 0.1) is 18.8 Å². The highest BCUT2D eigenvalue weighted by Crippen LogP contribution is 2.15. The third-order valence-electron chi connectivity index (χ3n) is 1.91. The lowest BCUT2D eigenvalue weighted by Crippen LogP contribution is -1.94. The number of fused-ring (bicyclic) bond motifs is 1. The number of aryl methyl sites for hydroxylation is 1. The second-order valence-electron chi connectivity index (χ2n) is 2.69. The van der Waals surface area contributed by atoms with Gasteiger partial charge in [-0.25, -0.2) is 4.52 Å². The smallest absolute Gasteiger partial charge is 0.214 e. The van der Waals surface area contributed by atoms with Gasteiger partial charge in [-0.3, -0.25) is 0 Å². The van der Waals surface area contributed by atoms with Gasteiger partial charge in [0.1, 0.15) is 0 Å². The van der Waals surface area contributed by atoms with Gasteiger partial charge in [-0.15, -0.1) is 0 Å². The summed E-state index contributed by atoms with van der Waals surface area (Å²) in [6.07, 6.45) is 1.83. The fraction of sp³-hybridized carbons (Fsp3) is 0.222. The monoisotopic (exact) mass is 162 g/mol. The average Bonchev–Trinajstić information content (AvgIpc) is 2.48. The van der Waals surface area contributed by atoms with Crippen LogP contribution in [0.25, 0.3) is 5.52 Å². The summed E-state index contributed by atoms with van der Waals surface area (Å²) < 4.78 is 6.93. The first-order chi connectivity index (χ1) is 5.83. The lowest BCUT2D eigenvalue weighted by Gasteiger charge is -2.01. The van der Waals surface area contributed by atoms with Crippen molar-refractivity contribution in [2.24, 2.45) is 0 Å². The molecular formula is C9H10N2O. The van der Waals surface area contributed by atoms with Gasteiger partial charge < -0.3 is 4.74 Å². The van der Waals surface area contributed by atoms with Crippen LogP contribution < -0.4 is 4.74 Å². The van der Waals surface area contributed by atoms with Gasteiger partial charge in [-0.05, 0) is 18.6 Å². The van der Waals surface area contributed by atoms with Gasteiger partial charge in [0, 0.05) is 6.07 Å². The zero-order valence-electron chi connectivity index (χ0n) is 7.11. The van der Waals surface area contributed by atoms with Gasteiger partial charge in [0.2, 0.25) is 5.88 Å². The van der Waals surface area contributed by atoms with Gasteiger partial charge in [-0.2, -0.15) is 5.10 Å². The Labute approximate surface area is 70.6 Å². The second kappa shape index (κ2) is 2.52. The molecule has 0 spiro atoms. The standard InChI is InChI=1S/C9H10N2O/c1-7-6-10-11-8(7)4-3-5-9(11)12-2/h3-6H,1-2H3. The number of ether oxygens (including phenoxy) is 1. The molecule has 0 saturated carbocycles. The van der Waals surface area contributed by atoms with Crippen LogP contribution in [0, 0.1) is 6.92 Å². The normalized spacial score (nSPS) is 10.5. The first-order valence-corrected chi connectivity index (χ1v) is 3.80. The molecule has 0 unspecified atom stereocenters. The van der Waals surface area contributed by atoms with Gasteiger partial charge in [0.15, 0.2) is 0 Å². The molecule has 2 rings (SSSR count). The highest BCUT2D eigenvalue weighted by Gasteiger charge is 2.02. The number of pyridine rings is 1. The van der Waals surface area contributed by atoms with Crippen molar-refractivity contribution in [1.82, 2.24) is 9.61 Å². The summed E-state index contributed by atoms with van der Waals surface area (Å²) in [6.45, 7) is 2.03. The van der Waals surface area contributed by atoms with Crippen LogP contribution in [0.1, 0.15) is 5.56 Å². The van der Waals surface area contributed by atoms with E-state index in [2.05, 4.69) is 5.10 Å². The zero-order chi connectivity index (χ0) is 8.55. The van der Waals surface area contributed by atoms with Gasteiger partial charge in [-0.1, -0.05) is 6.07 Å². The van der Waals surface area contributed by atoms with Crippen LogP contribution >= 0.6 is 0 Å². The molecular weight excluding hydrogens is 152 g/mol. The highest BCUT2D eigenvalue weighted by molar-refractivity contribution is 5.54. The third-order valence-corrected chi connectivity index (χ3v) is 1.91. The lowest BCUT2D eigenvalue weighted by molar-refractivity contribution is 0.386. The predicted molar refractivity (Wildman–Crippen MR) is 46.5 cm³/mol. The number of hydrogen-bond acceptors (Lipinski definition) is 2. The molecule has 12 heavy (non-hydrogen) atoms. The van der Waals surface area contributed by atoms with Crippen LogP contribution in [0.4, 0.5) is 0 Å². The minimum atomic E-state index is 0.764. The van der Waals surface area contributed by atoms with Gasteiger partial charge in [0.25, 0.3) is 0 Å². The largest absolute Gasteiger partial charge is 0.481 e. The third kappa shape index (κ3) is 0.863. The minimum absolute atomic E-state index is 0.764. The molecule has 2 aromatic heterocycles. The topological polar surface area (TPSA) is 26.5 Å². The highest BCUT2D eigenvalue weighted by atomic mass is 16.5. The Morgan fingerprint density at radius 3 is 3.00 bits per heavy atom. The molecule has 0 saturated heterocycles. The van der Waals surface area contributed by atoms with Crippen molar-refractivity contribution >= 4 is 5.52 Å². The first kappa shape index (κ1) is 7.16. The molecule has 0 radical (unpaired) electrons. The molecule has 0 fully saturated rings. The van der Waals surface area contributed by atoms with Gasteiger partial charge >= 0.3 is 0 Å². The molecule has 0 aliphatic rings. The summed E-state index contributed by atoms with van der Waals surface area (Å²) in [5.74, 6) is 0.764. The Balaban J connectivity index is 2.81. The summed E-state index contributed by atoms with van der Waals surface area (Å²) in [4.78, 5) is 0. The number of aromatic nitrogens is 2. The van der Waals surface area contributed by atoms with E-state index in [1.54, 1.807) is 11.6 Å². The fourth-order valence-electron chi connectivity index (χ4n) is 1.26. The van der Waals surface area contributed by atoms with Crippen molar-refractivity contribution in [2.75, 3.05) is 7.11 Å². The van der Waals surface area contributed by atoms with E-state index in [1.165, 1.54) is 0 Å². The number of nitrogens with zero attached hydrogens (tertiary/aromatic N) is 2. The van der Waals surface area contributed by atoms with E-state index in [-0.39, 0.29) is 0 Å². The molecule has 0 aliphatic heterocycles. The first-order valence-electron chi connectivity index (χ1n) is 3.80. The molecule has 0 bridgehead atoms. The van der Waals surface area contributed by atoms with Crippen molar-refractivity contribution in [3.63, 3.8) is 0 Å². The maximum atomic E-state index is 5.14. The molecule has 0 amide bonds. The Bertz CT molecular complexity index is 406. The summed E-state index contributed by atoms with van der Waals surface area (Å²) in [6, 6.07) is 5.87. The molecule has 0 aliphatic carbocycles. The van der Waals surface area contributed by atoms with Crippen LogP contribution in [0.15, 0.2) is 24.4 Å². The van der Waals surface area contributed by atoms with E-state index in [9.17, 15) is 0 Å². The molecule has 62 valence electrons. The van der Waals surface area contributed by atoms with Crippen LogP contribution in [-0.4, -0.2) is 16.7 Å². The van der Waals surface area contributed by atoms with E-state index in [1.807, 2.05) is 31.3 Å². The Morgan fingerprint density at radius 2 is 2.25 bits per heavy atom. The maximum absolute atomic E-state index is 5.14. The number of rotatable bonds is 1. The number of methoxy groups -OCH3 is 1. The molecule has 2 aromatic rings. The van der Waals surface area contributed by atoms with Crippen molar-refractivity contribution in [3.8, 4) is 5.88 Å². The average molecular weight is 162 g/mol. The molecule has 2 heterocycles. The Morgan fingerprint density at radius 1 is 1.42 bits per heavy atom. The zero-order valence-corrected chi connectivity index (χ0v) is 7.11. The van der Waals surface area contributed by atoms with E-state index < -0.39 is 0 Å². The Hall–Kier alpha value is -1.51. The molecule has 3 nitrogen and oxygen atoms in total. The van der Waals surface area contributed by atoms with Crippen LogP contribution in [0.3, 0.4) is 0 Å². The van der Waals surface area contributed by atoms with Crippen molar-refractivity contribution < 1.29 is 4.74 Å². The van der Waals surface area contributed by atoms with Crippen LogP contribution in [-0.2, 0) is 0 Å². The Kier molecular flexibility index (Phi) is 1.50. The predicted octanol–water partition coefficient (Wildman–Crippen LogP) is 1.65. The summed E-state index contributed by atoms with van der Waals surface area (Å²) in [7, 11) is 1.64. The second-order valence-corrected chi connectivity index (χ2v) is 2.69. The summed E-state index contributed by atoms with van der Waals surface area (Å²) >= 11 is 0. The SMILES string of the molecule is COc1cccc2c(C)cnn12. The summed E-state index contributed by atoms with van der Waals surface area (Å²) in [5, 5.41) is 4.18. The van der Waals surface area contributed by atoms with Crippen LogP contribution in [0.5, 0.6) is 5.88 Å². The molecule has 0 N–H and O–H groups in total. The van der Waals surface area contributed by atoms with E-state index in [0.29, 0.717) is 0 Å². The minimum Gasteiger partial charge on any atom is -0.481 e. The van der Waals surface area contributed by atoms with Crippen LogP contribution in [0.2, 0.25) is 0 Å². The van der Waals surface area contributed by atoms with Crippen molar-refractivity contribution in [1.29, 1.82) is 0 Å². The maximum Gasteiger partial charge on any atom is 0.214 e. The van der Waals surface area contributed by atoms with E-state index >= 15 is 0 Å².